The Morgan fingerprint density at radius 2 is 1.87 bits per heavy atom. The molecule has 3 rings (SSSR count). The van der Waals surface area contributed by atoms with Crippen molar-refractivity contribution in [2.75, 3.05) is 6.61 Å². The molecule has 5 nitrogen and oxygen atoms in total. The zero-order valence-corrected chi connectivity index (χ0v) is 14.0. The monoisotopic (exact) mass is 376 g/mol. The van der Waals surface area contributed by atoms with Gasteiger partial charge >= 0.3 is 0 Å². The van der Waals surface area contributed by atoms with Gasteiger partial charge in [0.2, 0.25) is 0 Å². The molecular weight excluding hydrogens is 360 g/mol. The fourth-order valence-corrected chi connectivity index (χ4v) is 2.70. The molecule has 1 heterocycles. The molecule has 1 aromatic heterocycles. The summed E-state index contributed by atoms with van der Waals surface area (Å²) in [5.41, 5.74) is 1.69. The lowest BCUT2D eigenvalue weighted by molar-refractivity contribution is 0.0915. The summed E-state index contributed by atoms with van der Waals surface area (Å²) in [6.07, 6.45) is -0.707. The van der Waals surface area contributed by atoms with E-state index in [1.807, 2.05) is 53.1 Å². The number of halogens is 1. The van der Waals surface area contributed by atoms with Gasteiger partial charge in [-0.25, -0.2) is 4.98 Å². The number of fused-ring (bicyclic) bond motifs is 1. The Balaban J connectivity index is 1.70. The van der Waals surface area contributed by atoms with Gasteiger partial charge in [0, 0.05) is 4.47 Å². The average molecular weight is 377 g/mol. The van der Waals surface area contributed by atoms with Crippen LogP contribution in [0.1, 0.15) is 5.82 Å². The molecule has 0 amide bonds. The molecule has 0 radical (unpaired) electrons. The number of benzene rings is 2. The second-order valence-electron chi connectivity index (χ2n) is 5.20. The number of aromatic nitrogens is 2. The van der Waals surface area contributed by atoms with Crippen molar-refractivity contribution in [2.24, 2.45) is 0 Å². The number of ether oxygens (including phenoxy) is 1. The molecule has 0 aliphatic rings. The first kappa shape index (κ1) is 16.0. The number of hydrogen-bond acceptors (Lipinski definition) is 4. The molecule has 3 aromatic rings. The minimum atomic E-state index is -0.707. The number of rotatable bonds is 6. The molecule has 0 fully saturated rings. The molecule has 1 atom stereocenters. The Morgan fingerprint density at radius 1 is 1.13 bits per heavy atom. The predicted octanol–water partition coefficient (Wildman–Crippen LogP) is 2.73. The number of aliphatic hydroxyl groups excluding tert-OH is 2. The van der Waals surface area contributed by atoms with Gasteiger partial charge in [-0.15, -0.1) is 0 Å². The summed E-state index contributed by atoms with van der Waals surface area (Å²) in [6.45, 7) is 0.306. The molecule has 120 valence electrons. The van der Waals surface area contributed by atoms with Crippen LogP contribution in [0, 0.1) is 0 Å². The molecule has 0 saturated carbocycles. The van der Waals surface area contributed by atoms with Crippen molar-refractivity contribution < 1.29 is 14.9 Å². The van der Waals surface area contributed by atoms with Crippen molar-refractivity contribution in [2.45, 2.75) is 19.3 Å². The molecule has 23 heavy (non-hydrogen) atoms. The summed E-state index contributed by atoms with van der Waals surface area (Å²) in [5, 5.41) is 19.7. The van der Waals surface area contributed by atoms with Crippen LogP contribution in [-0.4, -0.2) is 32.5 Å². The minimum absolute atomic E-state index is 0.166. The van der Waals surface area contributed by atoms with Crippen molar-refractivity contribution >= 4 is 27.0 Å². The largest absolute Gasteiger partial charge is 0.491 e. The minimum Gasteiger partial charge on any atom is -0.491 e. The Hall–Kier alpha value is -1.89. The first-order valence-electron chi connectivity index (χ1n) is 7.29. The van der Waals surface area contributed by atoms with Crippen LogP contribution in [0.25, 0.3) is 11.0 Å². The Morgan fingerprint density at radius 3 is 2.61 bits per heavy atom. The van der Waals surface area contributed by atoms with E-state index in [0.717, 1.165) is 15.5 Å². The maximum Gasteiger partial charge on any atom is 0.135 e. The van der Waals surface area contributed by atoms with Crippen molar-refractivity contribution in [3.05, 3.63) is 58.8 Å². The molecule has 0 bridgehead atoms. The fraction of sp³-hybridized carbons (Fsp3) is 0.235. The van der Waals surface area contributed by atoms with Crippen LogP contribution in [0.15, 0.2) is 53.0 Å². The van der Waals surface area contributed by atoms with Gasteiger partial charge in [0.15, 0.2) is 0 Å². The van der Waals surface area contributed by atoms with E-state index in [2.05, 4.69) is 20.9 Å². The summed E-state index contributed by atoms with van der Waals surface area (Å²) >= 11 is 3.37. The second-order valence-corrected chi connectivity index (χ2v) is 6.12. The zero-order valence-electron chi connectivity index (χ0n) is 12.4. The molecule has 0 aliphatic carbocycles. The first-order valence-corrected chi connectivity index (χ1v) is 8.08. The quantitative estimate of drug-likeness (QED) is 0.693. The third kappa shape index (κ3) is 3.72. The number of imidazole rings is 1. The van der Waals surface area contributed by atoms with Crippen molar-refractivity contribution in [3.63, 3.8) is 0 Å². The molecule has 1 unspecified atom stereocenters. The van der Waals surface area contributed by atoms with Gasteiger partial charge in [-0.3, -0.25) is 0 Å². The van der Waals surface area contributed by atoms with Crippen LogP contribution in [-0.2, 0) is 13.2 Å². The summed E-state index contributed by atoms with van der Waals surface area (Å²) in [4.78, 5) is 4.37. The van der Waals surface area contributed by atoms with E-state index in [0.29, 0.717) is 18.1 Å². The third-order valence-electron chi connectivity index (χ3n) is 3.52. The van der Waals surface area contributed by atoms with Crippen molar-refractivity contribution in [1.29, 1.82) is 0 Å². The lowest BCUT2D eigenvalue weighted by Crippen LogP contribution is -2.24. The van der Waals surface area contributed by atoms with Crippen LogP contribution in [0.2, 0.25) is 0 Å². The van der Waals surface area contributed by atoms with Crippen LogP contribution in [0.4, 0.5) is 0 Å². The van der Waals surface area contributed by atoms with Gasteiger partial charge in [0.1, 0.15) is 30.9 Å². The van der Waals surface area contributed by atoms with Gasteiger partial charge < -0.3 is 19.5 Å². The molecular formula is C17H17BrN2O3. The summed E-state index contributed by atoms with van der Waals surface area (Å²) in [6, 6.07) is 15.1. The van der Waals surface area contributed by atoms with E-state index in [-0.39, 0.29) is 13.2 Å². The maximum absolute atomic E-state index is 10.3. The van der Waals surface area contributed by atoms with Crippen LogP contribution in [0.5, 0.6) is 5.75 Å². The standard InChI is InChI=1S/C17H17BrN2O3/c18-12-5-7-14(8-6-12)23-11-13(22)9-20-16-4-2-1-3-15(16)19-17(20)10-21/h1-8,13,21-22H,9-11H2. The molecule has 0 aliphatic heterocycles. The number of para-hydroxylation sites is 2. The van der Waals surface area contributed by atoms with Gasteiger partial charge in [0.05, 0.1) is 17.6 Å². The fourth-order valence-electron chi connectivity index (χ4n) is 2.44. The summed E-state index contributed by atoms with van der Waals surface area (Å²) in [5.74, 6) is 1.24. The Kier molecular flexibility index (Phi) is 4.95. The highest BCUT2D eigenvalue weighted by atomic mass is 79.9. The normalized spacial score (nSPS) is 12.5. The number of aliphatic hydroxyl groups is 2. The molecule has 0 saturated heterocycles. The second kappa shape index (κ2) is 7.12. The average Bonchev–Trinajstić information content (AvgIpc) is 2.92. The van der Waals surface area contributed by atoms with E-state index in [1.54, 1.807) is 0 Å². The first-order chi connectivity index (χ1) is 11.2. The SMILES string of the molecule is OCc1nc2ccccc2n1CC(O)COc1ccc(Br)cc1. The molecule has 6 heteroatoms. The van der Waals surface area contributed by atoms with E-state index in [4.69, 9.17) is 4.74 Å². The van der Waals surface area contributed by atoms with Crippen LogP contribution >= 0.6 is 15.9 Å². The van der Waals surface area contributed by atoms with E-state index in [9.17, 15) is 10.2 Å². The highest BCUT2D eigenvalue weighted by molar-refractivity contribution is 9.10. The highest BCUT2D eigenvalue weighted by Crippen LogP contribution is 2.18. The smallest absolute Gasteiger partial charge is 0.135 e. The van der Waals surface area contributed by atoms with Crippen LogP contribution < -0.4 is 4.74 Å². The summed E-state index contributed by atoms with van der Waals surface area (Å²) < 4.78 is 8.39. The van der Waals surface area contributed by atoms with Gasteiger partial charge in [-0.1, -0.05) is 28.1 Å². The number of hydrogen-bond donors (Lipinski definition) is 2. The van der Waals surface area contributed by atoms with Gasteiger partial charge in [-0.2, -0.15) is 0 Å². The van der Waals surface area contributed by atoms with E-state index in [1.165, 1.54) is 0 Å². The predicted molar refractivity (Wildman–Crippen MR) is 91.3 cm³/mol. The molecule has 2 N–H and O–H groups in total. The number of nitrogens with zero attached hydrogens (tertiary/aromatic N) is 2. The Bertz CT molecular complexity index is 786. The van der Waals surface area contributed by atoms with Crippen LogP contribution in [0.3, 0.4) is 0 Å². The lowest BCUT2D eigenvalue weighted by atomic mass is 10.3. The highest BCUT2D eigenvalue weighted by Gasteiger charge is 2.14. The summed E-state index contributed by atoms with van der Waals surface area (Å²) in [7, 11) is 0. The van der Waals surface area contributed by atoms with Crippen molar-refractivity contribution in [3.8, 4) is 5.75 Å². The molecule has 2 aromatic carbocycles. The zero-order chi connectivity index (χ0) is 16.2. The van der Waals surface area contributed by atoms with E-state index >= 15 is 0 Å². The van der Waals surface area contributed by atoms with Gasteiger partial charge in [0.25, 0.3) is 0 Å². The molecule has 0 spiro atoms. The van der Waals surface area contributed by atoms with Gasteiger partial charge in [-0.05, 0) is 36.4 Å². The topological polar surface area (TPSA) is 67.5 Å². The Labute approximate surface area is 142 Å². The van der Waals surface area contributed by atoms with Crippen molar-refractivity contribution in [1.82, 2.24) is 9.55 Å². The van der Waals surface area contributed by atoms with E-state index < -0.39 is 6.10 Å². The third-order valence-corrected chi connectivity index (χ3v) is 4.05. The maximum atomic E-state index is 10.3. The lowest BCUT2D eigenvalue weighted by Gasteiger charge is -2.15.